The summed E-state index contributed by atoms with van der Waals surface area (Å²) < 4.78 is 6.78. The van der Waals surface area contributed by atoms with E-state index in [0.29, 0.717) is 21.3 Å². The largest absolute Gasteiger partial charge is 0.497 e. The van der Waals surface area contributed by atoms with Crippen LogP contribution >= 0.6 is 38.5 Å². The molecule has 0 aliphatic heterocycles. The van der Waals surface area contributed by atoms with Gasteiger partial charge in [-0.1, -0.05) is 28.1 Å². The number of carbonyl (C=O) groups excluding carboxylic acids is 1. The fourth-order valence-electron chi connectivity index (χ4n) is 1.95. The number of halogens is 2. The molecule has 0 aliphatic rings. The Balaban J connectivity index is 2.43. The highest BCUT2D eigenvalue weighted by Gasteiger charge is 2.24. The van der Waals surface area contributed by atoms with Gasteiger partial charge in [-0.25, -0.2) is 0 Å². The molecule has 0 aliphatic carbocycles. The summed E-state index contributed by atoms with van der Waals surface area (Å²) in [5, 5.41) is 9.41. The topological polar surface area (TPSA) is 50.1 Å². The van der Waals surface area contributed by atoms with E-state index in [2.05, 4.69) is 44.6 Å². The Morgan fingerprint density at radius 3 is 2.76 bits per heavy atom. The van der Waals surface area contributed by atoms with Crippen molar-refractivity contribution in [2.24, 2.45) is 0 Å². The highest BCUT2D eigenvalue weighted by molar-refractivity contribution is 14.1. The van der Waals surface area contributed by atoms with Gasteiger partial charge in [-0.05, 0) is 58.5 Å². The average molecular weight is 456 g/mol. The van der Waals surface area contributed by atoms with Crippen LogP contribution in [0.25, 0.3) is 0 Å². The lowest BCUT2D eigenvalue weighted by Crippen LogP contribution is -2.12. The maximum absolute atomic E-state index is 12.7. The number of rotatable bonds is 4. The summed E-state index contributed by atoms with van der Waals surface area (Å²) in [4.78, 5) is 12.7. The van der Waals surface area contributed by atoms with Gasteiger partial charge < -0.3 is 4.74 Å². The summed E-state index contributed by atoms with van der Waals surface area (Å²) in [5.41, 5.74) is 1.14. The Hall–Kier alpha value is -1.39. The zero-order chi connectivity index (χ0) is 15.4. The van der Waals surface area contributed by atoms with E-state index in [0.717, 1.165) is 3.57 Å². The molecule has 0 bridgehead atoms. The molecule has 0 aromatic heterocycles. The number of hydrogen-bond acceptors (Lipinski definition) is 3. The Morgan fingerprint density at radius 1 is 1.33 bits per heavy atom. The van der Waals surface area contributed by atoms with Crippen LogP contribution < -0.4 is 4.74 Å². The predicted molar refractivity (Wildman–Crippen MR) is 92.5 cm³/mol. The number of methoxy groups -OCH3 is 1. The third-order valence-corrected chi connectivity index (χ3v) is 4.37. The van der Waals surface area contributed by atoms with Crippen molar-refractivity contribution in [2.45, 2.75) is 5.92 Å². The zero-order valence-corrected chi connectivity index (χ0v) is 14.9. The highest BCUT2D eigenvalue weighted by Crippen LogP contribution is 2.28. The molecule has 0 N–H and O–H groups in total. The van der Waals surface area contributed by atoms with Crippen molar-refractivity contribution in [3.63, 3.8) is 0 Å². The number of benzene rings is 2. The number of ketones is 1. The molecule has 0 heterocycles. The lowest BCUT2D eigenvalue weighted by atomic mass is 9.92. The van der Waals surface area contributed by atoms with Crippen LogP contribution in [0.3, 0.4) is 0 Å². The second-order valence-electron chi connectivity index (χ2n) is 4.33. The van der Waals surface area contributed by atoms with Crippen molar-refractivity contribution >= 4 is 44.3 Å². The molecule has 0 amide bonds. The van der Waals surface area contributed by atoms with Gasteiger partial charge in [0, 0.05) is 13.6 Å². The van der Waals surface area contributed by atoms with E-state index in [-0.39, 0.29) is 5.78 Å². The molecule has 0 saturated carbocycles. The molecule has 2 rings (SSSR count). The molecule has 5 heteroatoms. The molecule has 3 nitrogen and oxygen atoms in total. The first-order chi connectivity index (χ1) is 10.1. The van der Waals surface area contributed by atoms with Gasteiger partial charge in [0.1, 0.15) is 11.7 Å². The summed E-state index contributed by atoms with van der Waals surface area (Å²) in [6, 6.07) is 14.6. The van der Waals surface area contributed by atoms with Crippen LogP contribution in [0.2, 0.25) is 0 Å². The first kappa shape index (κ1) is 16.0. The number of nitriles is 1. The molecule has 21 heavy (non-hydrogen) atoms. The summed E-state index contributed by atoms with van der Waals surface area (Å²) in [5.74, 6) is -0.451. The van der Waals surface area contributed by atoms with E-state index in [1.165, 1.54) is 0 Å². The van der Waals surface area contributed by atoms with Gasteiger partial charge in [0.05, 0.1) is 13.2 Å². The first-order valence-corrected chi connectivity index (χ1v) is 7.97. The van der Waals surface area contributed by atoms with Gasteiger partial charge in [0.25, 0.3) is 0 Å². The lowest BCUT2D eigenvalue weighted by molar-refractivity contribution is 0.0978. The summed E-state index contributed by atoms with van der Waals surface area (Å²) in [6.07, 6.45) is 0. The molecule has 106 valence electrons. The second-order valence-corrected chi connectivity index (χ2v) is 6.43. The molecule has 2 aromatic carbocycles. The maximum Gasteiger partial charge on any atom is 0.185 e. The molecule has 0 saturated heterocycles. The Morgan fingerprint density at radius 2 is 2.10 bits per heavy atom. The Labute approximate surface area is 145 Å². The van der Waals surface area contributed by atoms with Crippen LogP contribution in [0.5, 0.6) is 5.75 Å². The number of carbonyl (C=O) groups is 1. The maximum atomic E-state index is 12.7. The lowest BCUT2D eigenvalue weighted by Gasteiger charge is -2.11. The van der Waals surface area contributed by atoms with Crippen LogP contribution in [0.15, 0.2) is 46.9 Å². The molecular weight excluding hydrogens is 445 g/mol. The molecule has 2 aromatic rings. The molecule has 0 radical (unpaired) electrons. The van der Waals surface area contributed by atoms with Gasteiger partial charge in [-0.3, -0.25) is 4.79 Å². The van der Waals surface area contributed by atoms with Crippen LogP contribution in [-0.4, -0.2) is 12.9 Å². The third-order valence-electron chi connectivity index (χ3n) is 3.01. The summed E-state index contributed by atoms with van der Waals surface area (Å²) in [7, 11) is 1.55. The fourth-order valence-corrected chi connectivity index (χ4v) is 2.88. The number of Topliss-reactive ketones (excluding diaryl/α,β-unsaturated/α-hetero) is 1. The van der Waals surface area contributed by atoms with Crippen molar-refractivity contribution in [2.75, 3.05) is 7.11 Å². The van der Waals surface area contributed by atoms with Crippen LogP contribution in [0, 0.1) is 14.9 Å². The number of hydrogen-bond donors (Lipinski definition) is 0. The van der Waals surface area contributed by atoms with Crippen LogP contribution in [0.4, 0.5) is 0 Å². The van der Waals surface area contributed by atoms with Crippen molar-refractivity contribution in [1.29, 1.82) is 5.26 Å². The van der Waals surface area contributed by atoms with Crippen molar-refractivity contribution in [3.8, 4) is 11.8 Å². The van der Waals surface area contributed by atoms with E-state index in [1.807, 2.05) is 12.1 Å². The Bertz CT molecular complexity index is 724. The normalized spacial score (nSPS) is 11.5. The van der Waals surface area contributed by atoms with Crippen LogP contribution in [0.1, 0.15) is 21.8 Å². The third kappa shape index (κ3) is 3.63. The SMILES string of the molecule is COc1cccc(C(C#N)C(=O)c2cc(I)ccc2Br)c1. The van der Waals surface area contributed by atoms with E-state index in [1.54, 1.807) is 37.4 Å². The minimum absolute atomic E-state index is 0.226. The van der Waals surface area contributed by atoms with Gasteiger partial charge in [0.2, 0.25) is 0 Å². The smallest absolute Gasteiger partial charge is 0.185 e. The van der Waals surface area contributed by atoms with Crippen molar-refractivity contribution in [3.05, 3.63) is 61.6 Å². The van der Waals surface area contributed by atoms with Gasteiger partial charge in [0.15, 0.2) is 5.78 Å². The van der Waals surface area contributed by atoms with E-state index >= 15 is 0 Å². The molecule has 1 atom stereocenters. The second kappa shape index (κ2) is 7.05. The van der Waals surface area contributed by atoms with Crippen LogP contribution in [-0.2, 0) is 0 Å². The Kier molecular flexibility index (Phi) is 5.37. The van der Waals surface area contributed by atoms with Gasteiger partial charge in [-0.2, -0.15) is 5.26 Å². The summed E-state index contributed by atoms with van der Waals surface area (Å²) >= 11 is 5.51. The molecule has 0 spiro atoms. The fraction of sp³-hybridized carbons (Fsp3) is 0.125. The van der Waals surface area contributed by atoms with Crippen molar-refractivity contribution in [1.82, 2.24) is 0 Å². The quantitative estimate of drug-likeness (QED) is 0.501. The molecular formula is C16H11BrINO2. The standard InChI is InChI=1S/C16H11BrINO2/c1-21-12-4-2-3-10(7-12)14(9-19)16(20)13-8-11(18)5-6-15(13)17/h2-8,14H,1H3. The minimum Gasteiger partial charge on any atom is -0.497 e. The number of ether oxygens (including phenoxy) is 1. The van der Waals surface area contributed by atoms with E-state index in [4.69, 9.17) is 4.74 Å². The molecule has 0 fully saturated rings. The minimum atomic E-state index is -0.852. The first-order valence-electron chi connectivity index (χ1n) is 6.09. The monoisotopic (exact) mass is 455 g/mol. The summed E-state index contributed by atoms with van der Waals surface area (Å²) in [6.45, 7) is 0. The van der Waals surface area contributed by atoms with Gasteiger partial charge >= 0.3 is 0 Å². The molecule has 1 unspecified atom stereocenters. The van der Waals surface area contributed by atoms with E-state index in [9.17, 15) is 10.1 Å². The number of nitrogens with zero attached hydrogens (tertiary/aromatic N) is 1. The average Bonchev–Trinajstić information content (AvgIpc) is 2.50. The highest BCUT2D eigenvalue weighted by atomic mass is 127. The van der Waals surface area contributed by atoms with Crippen molar-refractivity contribution < 1.29 is 9.53 Å². The van der Waals surface area contributed by atoms with E-state index < -0.39 is 5.92 Å². The zero-order valence-electron chi connectivity index (χ0n) is 11.1. The van der Waals surface area contributed by atoms with Gasteiger partial charge in [-0.15, -0.1) is 0 Å². The predicted octanol–water partition coefficient (Wildman–Crippen LogP) is 4.55.